The molecule has 142 valence electrons. The summed E-state index contributed by atoms with van der Waals surface area (Å²) >= 11 is 2.13. The molecule has 0 N–H and O–H groups in total. The summed E-state index contributed by atoms with van der Waals surface area (Å²) in [5.41, 5.74) is 0.918. The molecule has 1 fully saturated rings. The summed E-state index contributed by atoms with van der Waals surface area (Å²) in [6, 6.07) is 9.56. The van der Waals surface area contributed by atoms with E-state index in [4.69, 9.17) is 0 Å². The number of piperazine rings is 1. The number of benzene rings is 2. The van der Waals surface area contributed by atoms with Crippen LogP contribution >= 0.6 is 22.6 Å². The van der Waals surface area contributed by atoms with Crippen molar-refractivity contribution in [3.05, 3.63) is 68.3 Å². The number of carbonyl (C=O) groups excluding carboxylic acids is 2. The molecule has 3 rings (SSSR count). The summed E-state index contributed by atoms with van der Waals surface area (Å²) < 4.78 is 28.5. The number of nitrogens with zero attached hydrogens (tertiary/aromatic N) is 2. The zero-order chi connectivity index (χ0) is 19.6. The Morgan fingerprint density at radius 3 is 2.30 bits per heavy atom. The maximum absolute atomic E-state index is 14.0. The fourth-order valence-corrected chi connectivity index (χ4v) is 3.68. The molecular weight excluding hydrogens is 465 g/mol. The van der Waals surface area contributed by atoms with Crippen molar-refractivity contribution in [1.29, 1.82) is 0 Å². The van der Waals surface area contributed by atoms with Crippen molar-refractivity contribution < 1.29 is 18.4 Å². The highest BCUT2D eigenvalue weighted by Crippen LogP contribution is 2.18. The number of hydrogen-bond donors (Lipinski definition) is 0. The first-order valence-corrected chi connectivity index (χ1v) is 9.71. The number of aryl methyl sites for hydroxylation is 1. The van der Waals surface area contributed by atoms with E-state index in [0.717, 1.165) is 15.7 Å². The minimum absolute atomic E-state index is 0.0560. The maximum atomic E-state index is 14.0. The summed E-state index contributed by atoms with van der Waals surface area (Å²) in [7, 11) is 0. The number of rotatable bonds is 3. The first kappa shape index (κ1) is 19.7. The summed E-state index contributed by atoms with van der Waals surface area (Å²) in [5, 5.41) is 0. The molecule has 1 aliphatic rings. The summed E-state index contributed by atoms with van der Waals surface area (Å²) in [4.78, 5) is 28.4. The normalized spacial score (nSPS) is 14.4. The van der Waals surface area contributed by atoms with Crippen LogP contribution in [0.25, 0.3) is 0 Å². The van der Waals surface area contributed by atoms with Crippen LogP contribution in [0.2, 0.25) is 0 Å². The molecule has 1 aliphatic heterocycles. The topological polar surface area (TPSA) is 40.6 Å². The van der Waals surface area contributed by atoms with E-state index in [1.165, 1.54) is 6.92 Å². The third-order valence-corrected chi connectivity index (χ3v) is 5.63. The lowest BCUT2D eigenvalue weighted by atomic mass is 10.1. The van der Waals surface area contributed by atoms with E-state index in [9.17, 15) is 18.4 Å². The average Bonchev–Trinajstić information content (AvgIpc) is 2.66. The fourth-order valence-electron chi connectivity index (χ4n) is 3.06. The average molecular weight is 484 g/mol. The Labute approximate surface area is 170 Å². The van der Waals surface area contributed by atoms with Gasteiger partial charge in [0, 0.05) is 35.3 Å². The quantitative estimate of drug-likeness (QED) is 0.627. The van der Waals surface area contributed by atoms with Crippen molar-refractivity contribution in [3.8, 4) is 0 Å². The standard InChI is InChI=1S/C20H19F2IN2O2/c1-13-10-17(22)14(11-16(13)21)12-19(26)24-6-8-25(9-7-24)20(27)15-4-2-3-5-18(15)23/h2-5,10-11H,6-9,12H2,1H3. The van der Waals surface area contributed by atoms with Gasteiger partial charge in [-0.25, -0.2) is 8.78 Å². The highest BCUT2D eigenvalue weighted by molar-refractivity contribution is 14.1. The second-order valence-electron chi connectivity index (χ2n) is 6.52. The number of halogens is 3. The van der Waals surface area contributed by atoms with Crippen molar-refractivity contribution in [3.63, 3.8) is 0 Å². The van der Waals surface area contributed by atoms with Crippen LogP contribution in [0.3, 0.4) is 0 Å². The lowest BCUT2D eigenvalue weighted by Crippen LogP contribution is -2.51. The van der Waals surface area contributed by atoms with Crippen molar-refractivity contribution in [2.24, 2.45) is 0 Å². The molecular formula is C20H19F2IN2O2. The van der Waals surface area contributed by atoms with Gasteiger partial charge in [-0.05, 0) is 59.3 Å². The molecule has 0 saturated carbocycles. The third kappa shape index (κ3) is 4.45. The van der Waals surface area contributed by atoms with E-state index in [1.807, 2.05) is 18.2 Å². The molecule has 4 nitrogen and oxygen atoms in total. The van der Waals surface area contributed by atoms with Gasteiger partial charge in [0.2, 0.25) is 5.91 Å². The molecule has 7 heteroatoms. The van der Waals surface area contributed by atoms with Crippen molar-refractivity contribution >= 4 is 34.4 Å². The second kappa shape index (κ2) is 8.33. The minimum atomic E-state index is -0.574. The van der Waals surface area contributed by atoms with Crippen LogP contribution in [0.15, 0.2) is 36.4 Å². The van der Waals surface area contributed by atoms with Gasteiger partial charge in [0.1, 0.15) is 11.6 Å². The van der Waals surface area contributed by atoms with Gasteiger partial charge in [-0.3, -0.25) is 9.59 Å². The molecule has 2 amide bonds. The Balaban J connectivity index is 1.61. The van der Waals surface area contributed by atoms with Crippen molar-refractivity contribution in [2.45, 2.75) is 13.3 Å². The summed E-state index contributed by atoms with van der Waals surface area (Å²) in [5.74, 6) is -1.42. The zero-order valence-electron chi connectivity index (χ0n) is 14.8. The van der Waals surface area contributed by atoms with E-state index >= 15 is 0 Å². The van der Waals surface area contributed by atoms with Gasteiger partial charge in [0.05, 0.1) is 12.0 Å². The smallest absolute Gasteiger partial charge is 0.255 e. The van der Waals surface area contributed by atoms with E-state index in [0.29, 0.717) is 31.7 Å². The molecule has 0 aliphatic carbocycles. The highest BCUT2D eigenvalue weighted by atomic mass is 127. The predicted molar refractivity (Wildman–Crippen MR) is 106 cm³/mol. The largest absolute Gasteiger partial charge is 0.339 e. The Morgan fingerprint density at radius 2 is 1.63 bits per heavy atom. The van der Waals surface area contributed by atoms with Gasteiger partial charge in [-0.15, -0.1) is 0 Å². The summed E-state index contributed by atoms with van der Waals surface area (Å²) in [6.45, 7) is 3.07. The van der Waals surface area contributed by atoms with Crippen LogP contribution < -0.4 is 0 Å². The first-order valence-electron chi connectivity index (χ1n) is 8.63. The highest BCUT2D eigenvalue weighted by Gasteiger charge is 2.26. The van der Waals surface area contributed by atoms with E-state index in [1.54, 1.807) is 15.9 Å². The van der Waals surface area contributed by atoms with Crippen molar-refractivity contribution in [2.75, 3.05) is 26.2 Å². The SMILES string of the molecule is Cc1cc(F)c(CC(=O)N2CCN(C(=O)c3ccccc3I)CC2)cc1F. The van der Waals surface area contributed by atoms with Crippen LogP contribution in [0.5, 0.6) is 0 Å². The van der Waals surface area contributed by atoms with Gasteiger partial charge >= 0.3 is 0 Å². The van der Waals surface area contributed by atoms with Crippen LogP contribution in [0.1, 0.15) is 21.5 Å². The van der Waals surface area contributed by atoms with E-state index in [2.05, 4.69) is 22.6 Å². The van der Waals surface area contributed by atoms with E-state index < -0.39 is 11.6 Å². The number of amides is 2. The fraction of sp³-hybridized carbons (Fsp3) is 0.300. The maximum Gasteiger partial charge on any atom is 0.255 e. The van der Waals surface area contributed by atoms with Crippen LogP contribution in [-0.4, -0.2) is 47.8 Å². The lowest BCUT2D eigenvalue weighted by molar-refractivity contribution is -0.132. The Morgan fingerprint density at radius 1 is 1.00 bits per heavy atom. The molecule has 0 radical (unpaired) electrons. The molecule has 0 spiro atoms. The Kier molecular flexibility index (Phi) is 6.08. The zero-order valence-corrected chi connectivity index (χ0v) is 17.0. The van der Waals surface area contributed by atoms with Gasteiger partial charge < -0.3 is 9.80 Å². The minimum Gasteiger partial charge on any atom is -0.339 e. The lowest BCUT2D eigenvalue weighted by Gasteiger charge is -2.35. The Hall–Kier alpha value is -2.03. The number of hydrogen-bond acceptors (Lipinski definition) is 2. The van der Waals surface area contributed by atoms with Gasteiger partial charge in [0.25, 0.3) is 5.91 Å². The van der Waals surface area contributed by atoms with Crippen molar-refractivity contribution in [1.82, 2.24) is 9.80 Å². The molecule has 2 aromatic rings. The van der Waals surface area contributed by atoms with Crippen LogP contribution in [-0.2, 0) is 11.2 Å². The molecule has 0 aromatic heterocycles. The second-order valence-corrected chi connectivity index (χ2v) is 7.68. The number of carbonyl (C=O) groups is 2. The molecule has 0 unspecified atom stereocenters. The summed E-state index contributed by atoms with van der Waals surface area (Å²) in [6.07, 6.45) is -0.187. The molecule has 1 saturated heterocycles. The van der Waals surface area contributed by atoms with E-state index in [-0.39, 0.29) is 29.4 Å². The monoisotopic (exact) mass is 484 g/mol. The van der Waals surface area contributed by atoms with Crippen LogP contribution in [0, 0.1) is 22.1 Å². The molecule has 27 heavy (non-hydrogen) atoms. The third-order valence-electron chi connectivity index (χ3n) is 4.69. The van der Waals surface area contributed by atoms with Gasteiger partial charge in [-0.1, -0.05) is 12.1 Å². The molecule has 0 bridgehead atoms. The first-order chi connectivity index (χ1) is 12.9. The Bertz CT molecular complexity index is 880. The molecule has 2 aromatic carbocycles. The molecule has 1 heterocycles. The van der Waals surface area contributed by atoms with Crippen LogP contribution in [0.4, 0.5) is 8.78 Å². The van der Waals surface area contributed by atoms with Gasteiger partial charge in [-0.2, -0.15) is 0 Å². The van der Waals surface area contributed by atoms with Gasteiger partial charge in [0.15, 0.2) is 0 Å². The molecule has 0 atom stereocenters. The predicted octanol–water partition coefficient (Wildman–Crippen LogP) is 3.40.